The second-order valence-corrected chi connectivity index (χ2v) is 6.71. The number of amides is 1. The van der Waals surface area contributed by atoms with E-state index in [1.54, 1.807) is 13.0 Å². The summed E-state index contributed by atoms with van der Waals surface area (Å²) in [6, 6.07) is 9.60. The van der Waals surface area contributed by atoms with Crippen molar-refractivity contribution in [3.05, 3.63) is 41.8 Å². The Labute approximate surface area is 128 Å². The number of aromatic nitrogens is 1. The number of hydrogen-bond donors (Lipinski definition) is 1. The minimum atomic E-state index is -0.271. The number of thioether (sulfide) groups is 1. The highest BCUT2D eigenvalue weighted by Gasteiger charge is 2.16. The summed E-state index contributed by atoms with van der Waals surface area (Å²) in [6.07, 6.45) is 5.33. The Hall–Kier alpha value is -1.75. The van der Waals surface area contributed by atoms with E-state index in [0.29, 0.717) is 5.69 Å². The Morgan fingerprint density at radius 1 is 1.29 bits per heavy atom. The number of carbonyl (C=O) groups is 1. The molecule has 1 heterocycles. The van der Waals surface area contributed by atoms with Crippen LogP contribution in [0.4, 0.5) is 5.69 Å². The summed E-state index contributed by atoms with van der Waals surface area (Å²) < 4.78 is 4.94. The highest BCUT2D eigenvalue weighted by atomic mass is 32.2. The molecular weight excluding hydrogens is 284 g/mol. The first-order valence-corrected chi connectivity index (χ1v) is 8.10. The molecule has 1 aromatic carbocycles. The molecule has 0 atom stereocenters. The van der Waals surface area contributed by atoms with Gasteiger partial charge in [-0.25, -0.2) is 0 Å². The van der Waals surface area contributed by atoms with E-state index < -0.39 is 0 Å². The molecule has 0 spiro atoms. The third kappa shape index (κ3) is 3.67. The summed E-state index contributed by atoms with van der Waals surface area (Å²) in [5.41, 5.74) is 1.47. The van der Waals surface area contributed by atoms with Gasteiger partial charge < -0.3 is 9.84 Å². The van der Waals surface area contributed by atoms with Gasteiger partial charge in [0.2, 0.25) is 5.76 Å². The van der Waals surface area contributed by atoms with Crippen molar-refractivity contribution in [2.45, 2.75) is 42.8 Å². The van der Waals surface area contributed by atoms with Crippen LogP contribution < -0.4 is 5.32 Å². The molecule has 1 N–H and O–H groups in total. The van der Waals surface area contributed by atoms with Gasteiger partial charge in [0.25, 0.3) is 5.91 Å². The van der Waals surface area contributed by atoms with Gasteiger partial charge in [0.15, 0.2) is 0 Å². The van der Waals surface area contributed by atoms with E-state index in [-0.39, 0.29) is 11.7 Å². The molecule has 1 amide bonds. The molecule has 21 heavy (non-hydrogen) atoms. The molecular formula is C16H18N2O2S. The van der Waals surface area contributed by atoms with Gasteiger partial charge in [-0.1, -0.05) is 18.0 Å². The predicted octanol–water partition coefficient (Wildman–Crippen LogP) is 4.27. The fourth-order valence-electron chi connectivity index (χ4n) is 2.48. The maximum atomic E-state index is 11.9. The predicted molar refractivity (Wildman–Crippen MR) is 83.7 cm³/mol. The molecule has 1 fully saturated rings. The standard InChI is InChI=1S/C16H18N2O2S/c1-11-10-15(20-18-11)16(19)17-12-6-8-14(9-7-12)21-13-4-2-3-5-13/h6-10,13H,2-5H2,1H3,(H,17,19). The van der Waals surface area contributed by atoms with E-state index in [9.17, 15) is 4.79 Å². The van der Waals surface area contributed by atoms with Crippen molar-refractivity contribution in [1.29, 1.82) is 0 Å². The van der Waals surface area contributed by atoms with Crippen molar-refractivity contribution >= 4 is 23.4 Å². The number of hydrogen-bond acceptors (Lipinski definition) is 4. The zero-order valence-electron chi connectivity index (χ0n) is 12.0. The number of nitrogens with zero attached hydrogens (tertiary/aromatic N) is 1. The molecule has 1 aliphatic rings. The number of anilines is 1. The van der Waals surface area contributed by atoms with Crippen LogP contribution in [0.2, 0.25) is 0 Å². The zero-order valence-corrected chi connectivity index (χ0v) is 12.8. The van der Waals surface area contributed by atoms with Crippen molar-refractivity contribution in [2.75, 3.05) is 5.32 Å². The molecule has 0 radical (unpaired) electrons. The molecule has 1 aromatic heterocycles. The van der Waals surface area contributed by atoms with Gasteiger partial charge in [-0.15, -0.1) is 11.8 Å². The molecule has 110 valence electrons. The quantitative estimate of drug-likeness (QED) is 0.916. The Kier molecular flexibility index (Phi) is 4.29. The average Bonchev–Trinajstić information content (AvgIpc) is 3.12. The largest absolute Gasteiger partial charge is 0.351 e. The summed E-state index contributed by atoms with van der Waals surface area (Å²) in [5, 5.41) is 7.27. The van der Waals surface area contributed by atoms with Crippen LogP contribution >= 0.6 is 11.8 Å². The van der Waals surface area contributed by atoms with Crippen molar-refractivity contribution in [1.82, 2.24) is 5.16 Å². The van der Waals surface area contributed by atoms with Crippen LogP contribution in [-0.2, 0) is 0 Å². The van der Waals surface area contributed by atoms with Crippen molar-refractivity contribution in [2.24, 2.45) is 0 Å². The zero-order chi connectivity index (χ0) is 14.7. The SMILES string of the molecule is Cc1cc(C(=O)Nc2ccc(SC3CCCC3)cc2)on1. The van der Waals surface area contributed by atoms with Crippen LogP contribution in [0, 0.1) is 6.92 Å². The van der Waals surface area contributed by atoms with Crippen LogP contribution in [0.1, 0.15) is 41.9 Å². The first-order valence-electron chi connectivity index (χ1n) is 7.22. The number of aryl methyl sites for hydroxylation is 1. The maximum absolute atomic E-state index is 11.9. The monoisotopic (exact) mass is 302 g/mol. The number of rotatable bonds is 4. The topological polar surface area (TPSA) is 55.1 Å². The molecule has 0 aliphatic heterocycles. The first kappa shape index (κ1) is 14.2. The lowest BCUT2D eigenvalue weighted by Gasteiger charge is -2.09. The molecule has 4 nitrogen and oxygen atoms in total. The molecule has 1 aliphatic carbocycles. The van der Waals surface area contributed by atoms with E-state index in [4.69, 9.17) is 4.52 Å². The molecule has 3 rings (SSSR count). The Bertz CT molecular complexity index is 615. The normalized spacial score (nSPS) is 15.3. The molecule has 5 heteroatoms. The van der Waals surface area contributed by atoms with Gasteiger partial charge in [0.1, 0.15) is 0 Å². The van der Waals surface area contributed by atoms with Gasteiger partial charge in [0, 0.05) is 21.9 Å². The third-order valence-electron chi connectivity index (χ3n) is 3.57. The van der Waals surface area contributed by atoms with Crippen molar-refractivity contribution in [3.63, 3.8) is 0 Å². The third-order valence-corrected chi connectivity index (χ3v) is 4.92. The second kappa shape index (κ2) is 6.35. The van der Waals surface area contributed by atoms with Crippen LogP contribution in [0.5, 0.6) is 0 Å². The van der Waals surface area contributed by atoms with E-state index in [1.165, 1.54) is 30.6 Å². The molecule has 0 saturated heterocycles. The number of carbonyl (C=O) groups excluding carboxylic acids is 1. The molecule has 1 saturated carbocycles. The fraction of sp³-hybridized carbons (Fsp3) is 0.375. The van der Waals surface area contributed by atoms with E-state index in [0.717, 1.165) is 10.9 Å². The van der Waals surface area contributed by atoms with Crippen LogP contribution in [0.15, 0.2) is 39.8 Å². The highest BCUT2D eigenvalue weighted by Crippen LogP contribution is 2.34. The smallest absolute Gasteiger partial charge is 0.294 e. The summed E-state index contributed by atoms with van der Waals surface area (Å²) in [6.45, 7) is 1.79. The Morgan fingerprint density at radius 2 is 2.00 bits per heavy atom. The summed E-state index contributed by atoms with van der Waals surface area (Å²) >= 11 is 1.94. The summed E-state index contributed by atoms with van der Waals surface area (Å²) in [7, 11) is 0. The summed E-state index contributed by atoms with van der Waals surface area (Å²) in [5.74, 6) is -0.0382. The van der Waals surface area contributed by atoms with Gasteiger partial charge in [0.05, 0.1) is 5.69 Å². The number of benzene rings is 1. The van der Waals surface area contributed by atoms with E-state index in [2.05, 4.69) is 22.6 Å². The van der Waals surface area contributed by atoms with Crippen molar-refractivity contribution < 1.29 is 9.32 Å². The molecule has 0 unspecified atom stereocenters. The van der Waals surface area contributed by atoms with Gasteiger partial charge in [-0.2, -0.15) is 0 Å². The minimum Gasteiger partial charge on any atom is -0.351 e. The van der Waals surface area contributed by atoms with Gasteiger partial charge in [-0.05, 0) is 44.0 Å². The van der Waals surface area contributed by atoms with Crippen LogP contribution in [0.25, 0.3) is 0 Å². The van der Waals surface area contributed by atoms with Crippen LogP contribution in [0.3, 0.4) is 0 Å². The van der Waals surface area contributed by atoms with Crippen LogP contribution in [-0.4, -0.2) is 16.3 Å². The maximum Gasteiger partial charge on any atom is 0.294 e. The number of nitrogens with one attached hydrogen (secondary N) is 1. The Balaban J connectivity index is 1.60. The lowest BCUT2D eigenvalue weighted by Crippen LogP contribution is -2.10. The van der Waals surface area contributed by atoms with E-state index in [1.807, 2.05) is 23.9 Å². The average molecular weight is 302 g/mol. The fourth-order valence-corrected chi connectivity index (χ4v) is 3.73. The van der Waals surface area contributed by atoms with Gasteiger partial charge in [-0.3, -0.25) is 4.79 Å². The molecule has 0 bridgehead atoms. The van der Waals surface area contributed by atoms with Gasteiger partial charge >= 0.3 is 0 Å². The first-order chi connectivity index (χ1) is 10.2. The lowest BCUT2D eigenvalue weighted by molar-refractivity contribution is 0.0988. The second-order valence-electron chi connectivity index (χ2n) is 5.34. The van der Waals surface area contributed by atoms with E-state index >= 15 is 0 Å². The molecule has 2 aromatic rings. The highest BCUT2D eigenvalue weighted by molar-refractivity contribution is 8.00. The Morgan fingerprint density at radius 3 is 2.62 bits per heavy atom. The van der Waals surface area contributed by atoms with Crippen molar-refractivity contribution in [3.8, 4) is 0 Å². The lowest BCUT2D eigenvalue weighted by atomic mass is 10.3. The summed E-state index contributed by atoms with van der Waals surface area (Å²) in [4.78, 5) is 13.2. The minimum absolute atomic E-state index is 0.233.